The van der Waals surface area contributed by atoms with Crippen LogP contribution in [0.25, 0.3) is 0 Å². The predicted octanol–water partition coefficient (Wildman–Crippen LogP) is 1.90. The molecule has 13 heavy (non-hydrogen) atoms. The quantitative estimate of drug-likeness (QED) is 0.392. The monoisotopic (exact) mass is 187 g/mol. The highest BCUT2D eigenvalue weighted by atomic mass is 16.6. The molecular weight excluding hydrogens is 170 g/mol. The molecule has 76 valence electrons. The lowest BCUT2D eigenvalue weighted by atomic mass is 10.1. The van der Waals surface area contributed by atoms with Gasteiger partial charge in [0.25, 0.3) is 0 Å². The third kappa shape index (κ3) is 6.13. The Morgan fingerprint density at radius 1 is 1.54 bits per heavy atom. The number of hydrogen-bond acceptors (Lipinski definition) is 3. The number of carboxylic acids is 1. The first-order valence-electron chi connectivity index (χ1n) is 4.48. The molecule has 0 bridgehead atoms. The van der Waals surface area contributed by atoms with E-state index in [2.05, 4.69) is 5.16 Å². The molecule has 0 aliphatic carbocycles. The molecule has 0 aliphatic rings. The number of hydrogen-bond donors (Lipinski definition) is 1. The highest BCUT2D eigenvalue weighted by Gasteiger charge is 2.03. The maximum absolute atomic E-state index is 10.1. The molecule has 0 amide bonds. The van der Waals surface area contributed by atoms with Crippen LogP contribution in [0.4, 0.5) is 0 Å². The average molecular weight is 187 g/mol. The standard InChI is InChI=1S/C9H17NO3/c1-4-8(7(2)3)10-13-6-5-9(11)12/h7H,4-6H2,1-3H3,(H,11,12)/b10-8+. The summed E-state index contributed by atoms with van der Waals surface area (Å²) in [4.78, 5) is 15.0. The Morgan fingerprint density at radius 3 is 2.54 bits per heavy atom. The van der Waals surface area contributed by atoms with Crippen LogP contribution in [0.5, 0.6) is 0 Å². The Labute approximate surface area is 78.6 Å². The van der Waals surface area contributed by atoms with E-state index < -0.39 is 5.97 Å². The molecule has 1 N–H and O–H groups in total. The van der Waals surface area contributed by atoms with Gasteiger partial charge in [0.2, 0.25) is 0 Å². The van der Waals surface area contributed by atoms with Crippen LogP contribution in [0, 0.1) is 5.92 Å². The van der Waals surface area contributed by atoms with Gasteiger partial charge in [-0.05, 0) is 12.3 Å². The van der Waals surface area contributed by atoms with E-state index >= 15 is 0 Å². The molecule has 0 radical (unpaired) electrons. The molecule has 0 atom stereocenters. The van der Waals surface area contributed by atoms with E-state index in [4.69, 9.17) is 9.94 Å². The van der Waals surface area contributed by atoms with Gasteiger partial charge in [-0.15, -0.1) is 0 Å². The summed E-state index contributed by atoms with van der Waals surface area (Å²) >= 11 is 0. The number of carbonyl (C=O) groups is 1. The normalized spacial score (nSPS) is 11.8. The number of rotatable bonds is 6. The molecule has 0 saturated heterocycles. The molecular formula is C9H17NO3. The van der Waals surface area contributed by atoms with Crippen LogP contribution in [0.15, 0.2) is 5.16 Å². The van der Waals surface area contributed by atoms with Crippen LogP contribution in [0.1, 0.15) is 33.6 Å². The van der Waals surface area contributed by atoms with Crippen molar-refractivity contribution in [2.24, 2.45) is 11.1 Å². The van der Waals surface area contributed by atoms with Gasteiger partial charge in [0.1, 0.15) is 6.61 Å². The van der Waals surface area contributed by atoms with Crippen molar-refractivity contribution in [2.75, 3.05) is 6.61 Å². The lowest BCUT2D eigenvalue weighted by Gasteiger charge is -2.06. The van der Waals surface area contributed by atoms with Crippen molar-refractivity contribution >= 4 is 11.7 Å². The Bertz CT molecular complexity index is 187. The van der Waals surface area contributed by atoms with Gasteiger partial charge in [0.05, 0.1) is 12.1 Å². The zero-order valence-electron chi connectivity index (χ0n) is 8.41. The van der Waals surface area contributed by atoms with Crippen LogP contribution in [-0.2, 0) is 9.63 Å². The van der Waals surface area contributed by atoms with E-state index in [0.29, 0.717) is 5.92 Å². The summed E-state index contributed by atoms with van der Waals surface area (Å²) in [6.45, 7) is 6.21. The molecule has 0 heterocycles. The van der Waals surface area contributed by atoms with Gasteiger partial charge >= 0.3 is 5.97 Å². The molecule has 0 saturated carbocycles. The highest BCUT2D eigenvalue weighted by Crippen LogP contribution is 2.01. The first-order chi connectivity index (χ1) is 6.07. The zero-order chi connectivity index (χ0) is 10.3. The van der Waals surface area contributed by atoms with Crippen LogP contribution in [0.3, 0.4) is 0 Å². The summed E-state index contributed by atoms with van der Waals surface area (Å²) < 4.78 is 0. The van der Waals surface area contributed by atoms with E-state index in [0.717, 1.165) is 12.1 Å². The van der Waals surface area contributed by atoms with Crippen LogP contribution < -0.4 is 0 Å². The van der Waals surface area contributed by atoms with Gasteiger partial charge in [0, 0.05) is 0 Å². The molecule has 0 rings (SSSR count). The van der Waals surface area contributed by atoms with E-state index in [9.17, 15) is 4.79 Å². The minimum Gasteiger partial charge on any atom is -0.481 e. The second-order valence-electron chi connectivity index (χ2n) is 3.07. The van der Waals surface area contributed by atoms with Crippen LogP contribution >= 0.6 is 0 Å². The Morgan fingerprint density at radius 2 is 2.15 bits per heavy atom. The summed E-state index contributed by atoms with van der Waals surface area (Å²) in [6.07, 6.45) is 0.837. The summed E-state index contributed by atoms with van der Waals surface area (Å²) in [5.41, 5.74) is 0.963. The third-order valence-electron chi connectivity index (χ3n) is 1.62. The van der Waals surface area contributed by atoms with Crippen molar-refractivity contribution < 1.29 is 14.7 Å². The number of aliphatic carboxylic acids is 1. The first-order valence-corrected chi connectivity index (χ1v) is 4.48. The second-order valence-corrected chi connectivity index (χ2v) is 3.07. The Kier molecular flexibility index (Phi) is 5.93. The average Bonchev–Trinajstić information content (AvgIpc) is 2.03. The van der Waals surface area contributed by atoms with Crippen molar-refractivity contribution in [1.82, 2.24) is 0 Å². The van der Waals surface area contributed by atoms with Gasteiger partial charge in [-0.1, -0.05) is 25.9 Å². The molecule has 0 aliphatic heterocycles. The molecule has 0 aromatic heterocycles. The van der Waals surface area contributed by atoms with Gasteiger partial charge < -0.3 is 9.94 Å². The summed E-state index contributed by atoms with van der Waals surface area (Å²) in [7, 11) is 0. The molecule has 4 heteroatoms. The minimum atomic E-state index is -0.863. The fraction of sp³-hybridized carbons (Fsp3) is 0.778. The maximum Gasteiger partial charge on any atom is 0.306 e. The lowest BCUT2D eigenvalue weighted by Crippen LogP contribution is -2.08. The summed E-state index contributed by atoms with van der Waals surface area (Å²) in [6, 6.07) is 0. The Balaban J connectivity index is 3.73. The SMILES string of the molecule is CC/C(=N\OCCC(=O)O)C(C)C. The molecule has 0 aromatic carbocycles. The molecule has 0 fully saturated rings. The van der Waals surface area contributed by atoms with E-state index in [1.807, 2.05) is 20.8 Å². The van der Waals surface area contributed by atoms with E-state index in [-0.39, 0.29) is 13.0 Å². The fourth-order valence-electron chi connectivity index (χ4n) is 0.840. The largest absolute Gasteiger partial charge is 0.481 e. The topological polar surface area (TPSA) is 58.9 Å². The fourth-order valence-corrected chi connectivity index (χ4v) is 0.840. The highest BCUT2D eigenvalue weighted by molar-refractivity contribution is 5.85. The van der Waals surface area contributed by atoms with Gasteiger partial charge in [0.15, 0.2) is 0 Å². The van der Waals surface area contributed by atoms with Crippen molar-refractivity contribution in [3.8, 4) is 0 Å². The third-order valence-corrected chi connectivity index (χ3v) is 1.62. The second kappa shape index (κ2) is 6.46. The van der Waals surface area contributed by atoms with E-state index in [1.165, 1.54) is 0 Å². The lowest BCUT2D eigenvalue weighted by molar-refractivity contribution is -0.138. The Hall–Kier alpha value is -1.06. The molecule has 0 unspecified atom stereocenters. The molecule has 4 nitrogen and oxygen atoms in total. The smallest absolute Gasteiger partial charge is 0.306 e. The van der Waals surface area contributed by atoms with Gasteiger partial charge in [-0.25, -0.2) is 0 Å². The zero-order valence-corrected chi connectivity index (χ0v) is 8.41. The van der Waals surface area contributed by atoms with Crippen LogP contribution in [0.2, 0.25) is 0 Å². The van der Waals surface area contributed by atoms with Crippen LogP contribution in [-0.4, -0.2) is 23.4 Å². The predicted molar refractivity (Wildman–Crippen MR) is 50.8 cm³/mol. The maximum atomic E-state index is 10.1. The van der Waals surface area contributed by atoms with Crippen molar-refractivity contribution in [1.29, 1.82) is 0 Å². The number of oxime groups is 1. The summed E-state index contributed by atoms with van der Waals surface area (Å²) in [5.74, 6) is -0.507. The van der Waals surface area contributed by atoms with Gasteiger partial charge in [-0.3, -0.25) is 4.79 Å². The number of carboxylic acid groups (broad SMARTS) is 1. The summed E-state index contributed by atoms with van der Waals surface area (Å²) in [5, 5.41) is 12.2. The number of nitrogens with zero attached hydrogens (tertiary/aromatic N) is 1. The van der Waals surface area contributed by atoms with Crippen molar-refractivity contribution in [2.45, 2.75) is 33.6 Å². The first kappa shape index (κ1) is 11.9. The van der Waals surface area contributed by atoms with E-state index in [1.54, 1.807) is 0 Å². The molecule has 0 aromatic rings. The minimum absolute atomic E-state index is 0.00140. The van der Waals surface area contributed by atoms with Crippen molar-refractivity contribution in [3.05, 3.63) is 0 Å². The molecule has 0 spiro atoms. The van der Waals surface area contributed by atoms with Crippen molar-refractivity contribution in [3.63, 3.8) is 0 Å². The van der Waals surface area contributed by atoms with Gasteiger partial charge in [-0.2, -0.15) is 0 Å².